The summed E-state index contributed by atoms with van der Waals surface area (Å²) in [6.07, 6.45) is 0.873. The number of nitrogens with one attached hydrogen (secondary N) is 2. The lowest BCUT2D eigenvalue weighted by atomic mass is 10.0. The maximum Gasteiger partial charge on any atom is 0.407 e. The van der Waals surface area contributed by atoms with Crippen molar-refractivity contribution in [1.82, 2.24) is 5.32 Å². The van der Waals surface area contributed by atoms with Crippen LogP contribution in [0.3, 0.4) is 0 Å². The number of thioether (sulfide) groups is 1. The van der Waals surface area contributed by atoms with Gasteiger partial charge in [0.15, 0.2) is 6.29 Å². The summed E-state index contributed by atoms with van der Waals surface area (Å²) in [6.45, 7) is 5.50. The van der Waals surface area contributed by atoms with Gasteiger partial charge in [-0.3, -0.25) is 4.79 Å². The Hall–Kier alpha value is -3.63. The first-order valence-electron chi connectivity index (χ1n) is 13.0. The van der Waals surface area contributed by atoms with E-state index in [0.717, 1.165) is 38.6 Å². The number of anilines is 1. The number of benzene rings is 3. The summed E-state index contributed by atoms with van der Waals surface area (Å²) in [5, 5.41) is 14.9. The summed E-state index contributed by atoms with van der Waals surface area (Å²) < 4.78 is 17.8. The molecule has 1 aliphatic heterocycles. The summed E-state index contributed by atoms with van der Waals surface area (Å²) >= 11 is 1.69. The van der Waals surface area contributed by atoms with Crippen molar-refractivity contribution < 1.29 is 28.9 Å². The largest absolute Gasteiger partial charge is 0.445 e. The summed E-state index contributed by atoms with van der Waals surface area (Å²) in [7, 11) is 0. The van der Waals surface area contributed by atoms with Crippen molar-refractivity contribution in [2.75, 3.05) is 17.7 Å². The molecule has 0 bridgehead atoms. The van der Waals surface area contributed by atoms with E-state index in [1.54, 1.807) is 11.8 Å². The molecule has 3 unspecified atom stereocenters. The Kier molecular flexibility index (Phi) is 10.8. The Labute approximate surface area is 238 Å². The van der Waals surface area contributed by atoms with Gasteiger partial charge < -0.3 is 30.0 Å². The van der Waals surface area contributed by atoms with Crippen LogP contribution in [0.1, 0.15) is 48.0 Å². The van der Waals surface area contributed by atoms with Crippen molar-refractivity contribution in [3.05, 3.63) is 108 Å². The molecular formula is C31H34N2O6S. The average molecular weight is 563 g/mol. The van der Waals surface area contributed by atoms with Crippen LogP contribution in [-0.2, 0) is 32.2 Å². The molecule has 9 heteroatoms. The van der Waals surface area contributed by atoms with E-state index < -0.39 is 12.4 Å². The van der Waals surface area contributed by atoms with E-state index in [4.69, 9.17) is 14.2 Å². The monoisotopic (exact) mass is 562 g/mol. The minimum Gasteiger partial charge on any atom is -0.445 e. The van der Waals surface area contributed by atoms with Crippen LogP contribution in [-0.4, -0.2) is 35.6 Å². The molecule has 0 aliphatic carbocycles. The van der Waals surface area contributed by atoms with Crippen molar-refractivity contribution in [2.45, 2.75) is 49.9 Å². The van der Waals surface area contributed by atoms with Crippen LogP contribution in [0.4, 0.5) is 10.5 Å². The minimum atomic E-state index is -0.566. The Morgan fingerprint density at radius 2 is 1.68 bits per heavy atom. The van der Waals surface area contributed by atoms with Gasteiger partial charge >= 0.3 is 6.09 Å². The Balaban J connectivity index is 1.43. The zero-order chi connectivity index (χ0) is 28.3. The van der Waals surface area contributed by atoms with Gasteiger partial charge in [-0.05, 0) is 41.0 Å². The number of ether oxygens (including phenoxy) is 3. The van der Waals surface area contributed by atoms with Gasteiger partial charge in [0.05, 0.1) is 18.8 Å². The highest BCUT2D eigenvalue weighted by Crippen LogP contribution is 2.39. The Bertz CT molecular complexity index is 1260. The molecule has 1 saturated heterocycles. The van der Waals surface area contributed by atoms with Crippen LogP contribution in [0.25, 0.3) is 0 Å². The fraction of sp³-hybridized carbons (Fsp3) is 0.290. The Morgan fingerprint density at radius 3 is 2.33 bits per heavy atom. The third kappa shape index (κ3) is 8.69. The highest BCUT2D eigenvalue weighted by atomic mass is 32.2. The zero-order valence-corrected chi connectivity index (χ0v) is 23.2. The van der Waals surface area contributed by atoms with Crippen LogP contribution < -0.4 is 10.6 Å². The van der Waals surface area contributed by atoms with Gasteiger partial charge in [-0.2, -0.15) is 0 Å². The summed E-state index contributed by atoms with van der Waals surface area (Å²) in [5.41, 5.74) is 4.43. The molecule has 0 spiro atoms. The molecule has 4 rings (SSSR count). The third-order valence-electron chi connectivity index (χ3n) is 6.25. The SMILES string of the molecule is C=CCOC(=O)NCc1ccc(C2OC(CSc3ccc(NC(C)=O)cc3)CC(c3ccc(CO)cc3)O2)cc1. The first-order chi connectivity index (χ1) is 19.4. The number of hydrogen-bond acceptors (Lipinski definition) is 7. The van der Waals surface area contributed by atoms with Gasteiger partial charge in [-0.25, -0.2) is 4.79 Å². The molecule has 0 radical (unpaired) electrons. The quantitative estimate of drug-likeness (QED) is 0.198. The first-order valence-corrected chi connectivity index (χ1v) is 14.0. The number of carbonyl (C=O) groups excluding carboxylic acids is 2. The standard InChI is InChI=1S/C31H34N2O6S/c1-3-16-37-31(36)32-18-22-4-10-25(11-5-22)30-38-27(17-29(39-30)24-8-6-23(19-34)7-9-24)20-40-28-14-12-26(13-15-28)33-21(2)35/h3-15,27,29-30,34H,1,16-20H2,2H3,(H,32,36)(H,33,35). The molecule has 0 saturated carbocycles. The van der Waals surface area contributed by atoms with E-state index in [2.05, 4.69) is 17.2 Å². The molecule has 210 valence electrons. The Morgan fingerprint density at radius 1 is 1.00 bits per heavy atom. The van der Waals surface area contributed by atoms with Gasteiger partial charge in [0.2, 0.25) is 5.91 Å². The number of carbonyl (C=O) groups is 2. The van der Waals surface area contributed by atoms with Crippen LogP contribution in [0.15, 0.2) is 90.3 Å². The molecule has 40 heavy (non-hydrogen) atoms. The second-order valence-electron chi connectivity index (χ2n) is 9.35. The smallest absolute Gasteiger partial charge is 0.407 e. The molecule has 1 fully saturated rings. The van der Waals surface area contributed by atoms with E-state index >= 15 is 0 Å². The van der Waals surface area contributed by atoms with Gasteiger partial charge in [-0.1, -0.05) is 61.2 Å². The number of amides is 2. The molecule has 2 amide bonds. The van der Waals surface area contributed by atoms with Crippen molar-refractivity contribution in [2.24, 2.45) is 0 Å². The third-order valence-corrected chi connectivity index (χ3v) is 7.39. The van der Waals surface area contributed by atoms with Crippen molar-refractivity contribution in [1.29, 1.82) is 0 Å². The molecule has 3 N–H and O–H groups in total. The first kappa shape index (κ1) is 29.4. The maximum atomic E-state index is 11.7. The number of aliphatic hydroxyl groups excluding tert-OH is 1. The maximum absolute atomic E-state index is 11.7. The predicted octanol–water partition coefficient (Wildman–Crippen LogP) is 5.89. The molecule has 8 nitrogen and oxygen atoms in total. The van der Waals surface area contributed by atoms with E-state index in [-0.39, 0.29) is 31.3 Å². The molecule has 3 aromatic rings. The molecular weight excluding hydrogens is 528 g/mol. The number of rotatable bonds is 11. The van der Waals surface area contributed by atoms with Crippen LogP contribution in [0.5, 0.6) is 0 Å². The van der Waals surface area contributed by atoms with Crippen LogP contribution >= 0.6 is 11.8 Å². The van der Waals surface area contributed by atoms with E-state index in [0.29, 0.717) is 13.0 Å². The van der Waals surface area contributed by atoms with Crippen molar-refractivity contribution in [3.8, 4) is 0 Å². The van der Waals surface area contributed by atoms with Crippen molar-refractivity contribution in [3.63, 3.8) is 0 Å². The molecule has 3 aromatic carbocycles. The topological polar surface area (TPSA) is 106 Å². The average Bonchev–Trinajstić information content (AvgIpc) is 2.98. The lowest BCUT2D eigenvalue weighted by Crippen LogP contribution is -2.31. The molecule has 1 heterocycles. The predicted molar refractivity (Wildman–Crippen MR) is 155 cm³/mol. The molecule has 3 atom stereocenters. The van der Waals surface area contributed by atoms with Gasteiger partial charge in [0, 0.05) is 41.8 Å². The van der Waals surface area contributed by atoms with E-state index in [1.807, 2.05) is 72.8 Å². The van der Waals surface area contributed by atoms with Crippen LogP contribution in [0, 0.1) is 0 Å². The number of aliphatic hydroxyl groups is 1. The lowest BCUT2D eigenvalue weighted by molar-refractivity contribution is -0.245. The van der Waals surface area contributed by atoms with Crippen molar-refractivity contribution >= 4 is 29.4 Å². The highest BCUT2D eigenvalue weighted by Gasteiger charge is 2.32. The van der Waals surface area contributed by atoms with Gasteiger partial charge in [0.1, 0.15) is 6.61 Å². The summed E-state index contributed by atoms with van der Waals surface area (Å²) in [6, 6.07) is 23.3. The minimum absolute atomic E-state index is 0.00921. The summed E-state index contributed by atoms with van der Waals surface area (Å²) in [4.78, 5) is 24.1. The molecule has 1 aliphatic rings. The fourth-order valence-electron chi connectivity index (χ4n) is 4.20. The highest BCUT2D eigenvalue weighted by molar-refractivity contribution is 7.99. The fourth-order valence-corrected chi connectivity index (χ4v) is 5.12. The lowest BCUT2D eigenvalue weighted by Gasteiger charge is -2.36. The molecule has 0 aromatic heterocycles. The number of alkyl carbamates (subject to hydrolysis) is 1. The van der Waals surface area contributed by atoms with Gasteiger partial charge in [-0.15, -0.1) is 11.8 Å². The zero-order valence-electron chi connectivity index (χ0n) is 22.4. The van der Waals surface area contributed by atoms with Gasteiger partial charge in [0.25, 0.3) is 0 Å². The normalized spacial score (nSPS) is 18.5. The second kappa shape index (κ2) is 14.7. The van der Waals surface area contributed by atoms with Crippen LogP contribution in [0.2, 0.25) is 0 Å². The van der Waals surface area contributed by atoms with E-state index in [1.165, 1.54) is 13.0 Å². The second-order valence-corrected chi connectivity index (χ2v) is 10.4. The van der Waals surface area contributed by atoms with E-state index in [9.17, 15) is 14.7 Å². The number of hydrogen-bond donors (Lipinski definition) is 3. The summed E-state index contributed by atoms with van der Waals surface area (Å²) in [5.74, 6) is 0.620.